The van der Waals surface area contributed by atoms with Gasteiger partial charge in [0.15, 0.2) is 0 Å². The van der Waals surface area contributed by atoms with Crippen molar-refractivity contribution in [2.75, 3.05) is 6.54 Å². The molecule has 1 unspecified atom stereocenters. The number of nitrogens with one attached hydrogen (secondary N) is 1. The Hall–Kier alpha value is -1.68. The number of nitrogens with zero attached hydrogens (tertiary/aromatic N) is 2. The van der Waals surface area contributed by atoms with Gasteiger partial charge in [-0.05, 0) is 38.8 Å². The van der Waals surface area contributed by atoms with Gasteiger partial charge >= 0.3 is 0 Å². The van der Waals surface area contributed by atoms with Crippen molar-refractivity contribution in [2.24, 2.45) is 0 Å². The highest BCUT2D eigenvalue weighted by Crippen LogP contribution is 2.07. The second-order valence-electron chi connectivity index (χ2n) is 5.26. The molecule has 1 N–H and O–H groups in total. The first-order valence-corrected chi connectivity index (χ1v) is 7.40. The lowest BCUT2D eigenvalue weighted by Crippen LogP contribution is -2.28. The maximum absolute atomic E-state index is 12.3. The van der Waals surface area contributed by atoms with Crippen LogP contribution in [-0.4, -0.2) is 22.4 Å². The van der Waals surface area contributed by atoms with Gasteiger partial charge < -0.3 is 5.32 Å². The highest BCUT2D eigenvalue weighted by atomic mass is 16.1. The van der Waals surface area contributed by atoms with Crippen molar-refractivity contribution in [2.45, 2.75) is 45.7 Å². The number of rotatable bonds is 7. The van der Waals surface area contributed by atoms with Gasteiger partial charge in [0.25, 0.3) is 5.56 Å². The highest BCUT2D eigenvalue weighted by molar-refractivity contribution is 5.80. The van der Waals surface area contributed by atoms with Crippen LogP contribution in [0.4, 0.5) is 0 Å². The molecule has 0 radical (unpaired) electrons. The maximum atomic E-state index is 12.3. The van der Waals surface area contributed by atoms with Gasteiger partial charge in [-0.15, -0.1) is 0 Å². The Bertz CT molecular complexity index is 606. The average molecular weight is 273 g/mol. The molecule has 0 saturated carbocycles. The molecule has 0 spiro atoms. The minimum Gasteiger partial charge on any atom is -0.314 e. The molecular weight excluding hydrogens is 250 g/mol. The van der Waals surface area contributed by atoms with Crippen molar-refractivity contribution < 1.29 is 0 Å². The van der Waals surface area contributed by atoms with E-state index in [0.717, 1.165) is 36.6 Å². The summed E-state index contributed by atoms with van der Waals surface area (Å²) in [6.07, 6.45) is 4.94. The zero-order valence-electron chi connectivity index (χ0n) is 12.3. The number of fused-ring (bicyclic) bond motifs is 1. The lowest BCUT2D eigenvalue weighted by Gasteiger charge is -2.13. The molecule has 0 amide bonds. The van der Waals surface area contributed by atoms with Crippen LogP contribution in [0.25, 0.3) is 10.8 Å². The van der Waals surface area contributed by atoms with Crippen LogP contribution in [0.5, 0.6) is 0 Å². The van der Waals surface area contributed by atoms with Crippen LogP contribution in [0, 0.1) is 0 Å². The van der Waals surface area contributed by atoms with Crippen molar-refractivity contribution in [3.8, 4) is 0 Å². The zero-order chi connectivity index (χ0) is 14.4. The molecule has 2 rings (SSSR count). The van der Waals surface area contributed by atoms with E-state index >= 15 is 0 Å². The van der Waals surface area contributed by atoms with Gasteiger partial charge in [-0.1, -0.05) is 25.1 Å². The van der Waals surface area contributed by atoms with E-state index in [1.54, 1.807) is 10.9 Å². The molecule has 1 atom stereocenters. The Balaban J connectivity index is 1.97. The molecule has 0 aliphatic carbocycles. The standard InChI is InChI=1S/C16H23N3O/c1-3-10-17-13(2)7-6-11-19-16(20)15-9-5-4-8-14(15)12-18-19/h4-5,8-9,12-13,17H,3,6-7,10-11H2,1-2H3. The van der Waals surface area contributed by atoms with Crippen LogP contribution >= 0.6 is 0 Å². The summed E-state index contributed by atoms with van der Waals surface area (Å²) < 4.78 is 1.58. The van der Waals surface area contributed by atoms with Gasteiger partial charge in [-0.25, -0.2) is 4.68 Å². The molecule has 4 nitrogen and oxygen atoms in total. The first kappa shape index (κ1) is 14.7. The number of hydrogen-bond acceptors (Lipinski definition) is 3. The summed E-state index contributed by atoms with van der Waals surface area (Å²) in [6, 6.07) is 8.09. The molecule has 0 aliphatic rings. The fourth-order valence-electron chi connectivity index (χ4n) is 2.33. The predicted molar refractivity (Wildman–Crippen MR) is 83.0 cm³/mol. The van der Waals surface area contributed by atoms with Crippen molar-refractivity contribution in [1.82, 2.24) is 15.1 Å². The van der Waals surface area contributed by atoms with Crippen molar-refractivity contribution in [1.29, 1.82) is 0 Å². The molecule has 0 fully saturated rings. The molecule has 0 aliphatic heterocycles. The van der Waals surface area contributed by atoms with Crippen LogP contribution in [0.15, 0.2) is 35.3 Å². The summed E-state index contributed by atoms with van der Waals surface area (Å²) in [4.78, 5) is 12.3. The average Bonchev–Trinajstić information content (AvgIpc) is 2.48. The van der Waals surface area contributed by atoms with Gasteiger partial charge in [0.2, 0.25) is 0 Å². The molecule has 4 heteroatoms. The Morgan fingerprint density at radius 1 is 1.35 bits per heavy atom. The van der Waals surface area contributed by atoms with Crippen LogP contribution < -0.4 is 10.9 Å². The smallest absolute Gasteiger partial charge is 0.274 e. The Morgan fingerprint density at radius 3 is 2.95 bits per heavy atom. The van der Waals surface area contributed by atoms with Crippen molar-refractivity contribution in [3.05, 3.63) is 40.8 Å². The van der Waals surface area contributed by atoms with Gasteiger partial charge in [-0.3, -0.25) is 4.79 Å². The van der Waals surface area contributed by atoms with Crippen molar-refractivity contribution in [3.63, 3.8) is 0 Å². The zero-order valence-corrected chi connectivity index (χ0v) is 12.3. The van der Waals surface area contributed by atoms with Crippen LogP contribution in [-0.2, 0) is 6.54 Å². The highest BCUT2D eigenvalue weighted by Gasteiger charge is 2.05. The Labute approximate surface area is 119 Å². The normalized spacial score (nSPS) is 12.7. The summed E-state index contributed by atoms with van der Waals surface area (Å²) in [5, 5.41) is 9.36. The number of hydrogen-bond donors (Lipinski definition) is 1. The summed E-state index contributed by atoms with van der Waals surface area (Å²) in [5.74, 6) is 0. The third-order valence-electron chi connectivity index (χ3n) is 3.51. The van der Waals surface area contributed by atoms with E-state index in [1.807, 2.05) is 24.3 Å². The lowest BCUT2D eigenvalue weighted by atomic mass is 10.1. The van der Waals surface area contributed by atoms with Gasteiger partial charge in [-0.2, -0.15) is 5.10 Å². The topological polar surface area (TPSA) is 46.9 Å². The summed E-state index contributed by atoms with van der Waals surface area (Å²) >= 11 is 0. The fourth-order valence-corrected chi connectivity index (χ4v) is 2.33. The third kappa shape index (κ3) is 3.67. The molecule has 0 saturated heterocycles. The largest absolute Gasteiger partial charge is 0.314 e. The second kappa shape index (κ2) is 7.20. The molecule has 1 aromatic heterocycles. The summed E-state index contributed by atoms with van der Waals surface area (Å²) in [5.41, 5.74) is 0.0114. The number of benzene rings is 1. The van der Waals surface area contributed by atoms with Gasteiger partial charge in [0.1, 0.15) is 0 Å². The molecule has 1 heterocycles. The molecular formula is C16H23N3O. The number of aromatic nitrogens is 2. The quantitative estimate of drug-likeness (QED) is 0.843. The van der Waals surface area contributed by atoms with Gasteiger partial charge in [0.05, 0.1) is 11.6 Å². The minimum atomic E-state index is 0.0114. The predicted octanol–water partition coefficient (Wildman–Crippen LogP) is 2.56. The van der Waals surface area contributed by atoms with E-state index in [-0.39, 0.29) is 5.56 Å². The van der Waals surface area contributed by atoms with E-state index in [4.69, 9.17) is 0 Å². The van der Waals surface area contributed by atoms with Crippen molar-refractivity contribution >= 4 is 10.8 Å². The molecule has 0 bridgehead atoms. The van der Waals surface area contributed by atoms with E-state index in [9.17, 15) is 4.79 Å². The molecule has 108 valence electrons. The third-order valence-corrected chi connectivity index (χ3v) is 3.51. The first-order chi connectivity index (χ1) is 9.72. The lowest BCUT2D eigenvalue weighted by molar-refractivity contribution is 0.457. The van der Waals surface area contributed by atoms with E-state index in [2.05, 4.69) is 24.3 Å². The minimum absolute atomic E-state index is 0.0114. The summed E-state index contributed by atoms with van der Waals surface area (Å²) in [7, 11) is 0. The van der Waals surface area contributed by atoms with E-state index < -0.39 is 0 Å². The first-order valence-electron chi connectivity index (χ1n) is 7.40. The van der Waals surface area contributed by atoms with Crippen LogP contribution in [0.3, 0.4) is 0 Å². The second-order valence-corrected chi connectivity index (χ2v) is 5.26. The maximum Gasteiger partial charge on any atom is 0.274 e. The molecule has 20 heavy (non-hydrogen) atoms. The fraction of sp³-hybridized carbons (Fsp3) is 0.500. The van der Waals surface area contributed by atoms with Crippen LogP contribution in [0.2, 0.25) is 0 Å². The monoisotopic (exact) mass is 273 g/mol. The van der Waals surface area contributed by atoms with Crippen LogP contribution in [0.1, 0.15) is 33.1 Å². The molecule has 1 aromatic carbocycles. The van der Waals surface area contributed by atoms with E-state index in [0.29, 0.717) is 12.6 Å². The van der Waals surface area contributed by atoms with E-state index in [1.165, 1.54) is 0 Å². The molecule has 2 aromatic rings. The number of aryl methyl sites for hydroxylation is 1. The Morgan fingerprint density at radius 2 is 2.15 bits per heavy atom. The Kier molecular flexibility index (Phi) is 5.30. The van der Waals surface area contributed by atoms with Gasteiger partial charge in [0, 0.05) is 18.0 Å². The SMILES string of the molecule is CCCNC(C)CCCn1ncc2ccccc2c1=O. The summed E-state index contributed by atoms with van der Waals surface area (Å²) in [6.45, 7) is 6.09.